The van der Waals surface area contributed by atoms with Gasteiger partial charge in [-0.05, 0) is 23.3 Å². The molecule has 0 unspecified atom stereocenters. The van der Waals surface area contributed by atoms with Gasteiger partial charge in [-0.1, -0.05) is 24.3 Å². The predicted molar refractivity (Wildman–Crippen MR) is 77.2 cm³/mol. The molecule has 21 heavy (non-hydrogen) atoms. The monoisotopic (exact) mass is 281 g/mol. The molecule has 3 rings (SSSR count). The highest BCUT2D eigenvalue weighted by molar-refractivity contribution is 5.97. The van der Waals surface area contributed by atoms with Gasteiger partial charge in [-0.15, -0.1) is 0 Å². The zero-order valence-corrected chi connectivity index (χ0v) is 11.4. The summed E-state index contributed by atoms with van der Waals surface area (Å²) in [4.78, 5) is 29.8. The third-order valence-corrected chi connectivity index (χ3v) is 3.75. The van der Waals surface area contributed by atoms with E-state index in [1.54, 1.807) is 18.3 Å². The van der Waals surface area contributed by atoms with Crippen molar-refractivity contribution in [2.75, 3.05) is 0 Å². The number of hydrogen-bond donors (Lipinski definition) is 1. The molecule has 1 aromatic heterocycles. The number of nitrogens with zero attached hydrogens (tertiary/aromatic N) is 2. The Labute approximate surface area is 122 Å². The van der Waals surface area contributed by atoms with Crippen molar-refractivity contribution in [3.8, 4) is 0 Å². The lowest BCUT2D eigenvalue weighted by atomic mass is 9.93. The zero-order valence-electron chi connectivity index (χ0n) is 11.4. The van der Waals surface area contributed by atoms with Crippen LogP contribution >= 0.6 is 0 Å². The van der Waals surface area contributed by atoms with Crippen LogP contribution in [0.1, 0.15) is 21.5 Å². The number of pyridine rings is 1. The number of rotatable bonds is 2. The summed E-state index contributed by atoms with van der Waals surface area (Å²) in [5, 5.41) is 0. The standard InChI is InChI=1S/C16H15N3O2/c17-15(20)14-8-11-4-1-2-5-13(11)10-19(14)16(21)12-6-3-7-18-9-12/h1-7,9,14H,8,10H2,(H2,17,20)/t14-/m1/s1. The van der Waals surface area contributed by atoms with Gasteiger partial charge in [0.2, 0.25) is 5.91 Å². The Hall–Kier alpha value is -2.69. The second-order valence-corrected chi connectivity index (χ2v) is 5.07. The van der Waals surface area contributed by atoms with E-state index in [-0.39, 0.29) is 5.91 Å². The summed E-state index contributed by atoms with van der Waals surface area (Å²) in [5.41, 5.74) is 8.06. The Kier molecular flexibility index (Phi) is 3.39. The van der Waals surface area contributed by atoms with Gasteiger partial charge in [0, 0.05) is 25.4 Å². The number of aromatic nitrogens is 1. The van der Waals surface area contributed by atoms with Crippen molar-refractivity contribution >= 4 is 11.8 Å². The molecule has 2 N–H and O–H groups in total. The first-order chi connectivity index (χ1) is 10.2. The molecule has 2 aromatic rings. The lowest BCUT2D eigenvalue weighted by Crippen LogP contribution is -2.51. The lowest BCUT2D eigenvalue weighted by molar-refractivity contribution is -0.122. The first-order valence-electron chi connectivity index (χ1n) is 6.74. The van der Waals surface area contributed by atoms with Gasteiger partial charge in [-0.3, -0.25) is 14.6 Å². The van der Waals surface area contributed by atoms with Crippen LogP contribution in [0.4, 0.5) is 0 Å². The quantitative estimate of drug-likeness (QED) is 0.896. The van der Waals surface area contributed by atoms with E-state index in [1.165, 1.54) is 11.1 Å². The summed E-state index contributed by atoms with van der Waals surface area (Å²) in [6, 6.07) is 10.6. The predicted octanol–water partition coefficient (Wildman–Crippen LogP) is 1.13. The number of fused-ring (bicyclic) bond motifs is 1. The summed E-state index contributed by atoms with van der Waals surface area (Å²) in [6.45, 7) is 0.386. The molecule has 106 valence electrons. The second kappa shape index (κ2) is 5.36. The third kappa shape index (κ3) is 2.50. The second-order valence-electron chi connectivity index (χ2n) is 5.07. The van der Waals surface area contributed by atoms with E-state index >= 15 is 0 Å². The Balaban J connectivity index is 1.96. The lowest BCUT2D eigenvalue weighted by Gasteiger charge is -2.35. The summed E-state index contributed by atoms with van der Waals surface area (Å²) in [7, 11) is 0. The van der Waals surface area contributed by atoms with Crippen LogP contribution in [0.15, 0.2) is 48.8 Å². The smallest absolute Gasteiger partial charge is 0.256 e. The molecule has 0 aliphatic carbocycles. The highest BCUT2D eigenvalue weighted by atomic mass is 16.2. The number of nitrogens with two attached hydrogens (primary N) is 1. The molecule has 0 bridgehead atoms. The van der Waals surface area contributed by atoms with Crippen LogP contribution in [-0.2, 0) is 17.8 Å². The largest absolute Gasteiger partial charge is 0.368 e. The van der Waals surface area contributed by atoms with Crippen molar-refractivity contribution in [3.63, 3.8) is 0 Å². The molecule has 2 amide bonds. The molecular weight excluding hydrogens is 266 g/mol. The number of hydrogen-bond acceptors (Lipinski definition) is 3. The minimum Gasteiger partial charge on any atom is -0.368 e. The van der Waals surface area contributed by atoms with Crippen LogP contribution < -0.4 is 5.73 Å². The summed E-state index contributed by atoms with van der Waals surface area (Å²) in [6.07, 6.45) is 3.56. The highest BCUT2D eigenvalue weighted by Crippen LogP contribution is 2.24. The number of amides is 2. The van der Waals surface area contributed by atoms with Crippen LogP contribution in [0.25, 0.3) is 0 Å². The summed E-state index contributed by atoms with van der Waals surface area (Å²) in [5.74, 6) is -0.705. The van der Waals surface area contributed by atoms with Gasteiger partial charge in [0.1, 0.15) is 6.04 Å². The van der Waals surface area contributed by atoms with Crippen molar-refractivity contribution in [1.82, 2.24) is 9.88 Å². The molecule has 0 spiro atoms. The topological polar surface area (TPSA) is 76.3 Å². The van der Waals surface area contributed by atoms with Gasteiger partial charge in [0.15, 0.2) is 0 Å². The molecule has 0 radical (unpaired) electrons. The normalized spacial score (nSPS) is 17.1. The van der Waals surface area contributed by atoms with Gasteiger partial charge < -0.3 is 10.6 Å². The van der Waals surface area contributed by atoms with Crippen molar-refractivity contribution in [3.05, 3.63) is 65.5 Å². The van der Waals surface area contributed by atoms with Crippen LogP contribution in [-0.4, -0.2) is 27.7 Å². The first kappa shape index (κ1) is 13.3. The number of primary amides is 1. The van der Waals surface area contributed by atoms with Crippen LogP contribution in [0.2, 0.25) is 0 Å². The maximum atomic E-state index is 12.6. The summed E-state index contributed by atoms with van der Waals surface area (Å²) >= 11 is 0. The molecule has 1 atom stereocenters. The molecule has 0 fully saturated rings. The third-order valence-electron chi connectivity index (χ3n) is 3.75. The molecule has 1 aromatic carbocycles. The average molecular weight is 281 g/mol. The SMILES string of the molecule is NC(=O)[C@H]1Cc2ccccc2CN1C(=O)c1cccnc1. The van der Waals surface area contributed by atoms with E-state index in [0.29, 0.717) is 18.5 Å². The maximum Gasteiger partial charge on any atom is 0.256 e. The Morgan fingerprint density at radius 3 is 2.57 bits per heavy atom. The minimum atomic E-state index is -0.618. The fourth-order valence-electron chi connectivity index (χ4n) is 2.65. The molecule has 0 saturated heterocycles. The molecule has 5 heteroatoms. The van der Waals surface area contributed by atoms with Crippen LogP contribution in [0.5, 0.6) is 0 Å². The van der Waals surface area contributed by atoms with Crippen LogP contribution in [0, 0.1) is 0 Å². The number of benzene rings is 1. The highest BCUT2D eigenvalue weighted by Gasteiger charge is 2.33. The maximum absolute atomic E-state index is 12.6. The fraction of sp³-hybridized carbons (Fsp3) is 0.188. The fourth-order valence-corrected chi connectivity index (χ4v) is 2.65. The van der Waals surface area contributed by atoms with E-state index in [4.69, 9.17) is 5.73 Å². The minimum absolute atomic E-state index is 0.221. The van der Waals surface area contributed by atoms with Gasteiger partial charge >= 0.3 is 0 Å². The number of carbonyl (C=O) groups excluding carboxylic acids is 2. The van der Waals surface area contributed by atoms with E-state index in [1.807, 2.05) is 24.3 Å². The Morgan fingerprint density at radius 1 is 1.14 bits per heavy atom. The van der Waals surface area contributed by atoms with E-state index in [9.17, 15) is 9.59 Å². The molecular formula is C16H15N3O2. The van der Waals surface area contributed by atoms with Crippen molar-refractivity contribution < 1.29 is 9.59 Å². The van der Waals surface area contributed by atoms with Crippen molar-refractivity contribution in [2.45, 2.75) is 19.0 Å². The zero-order chi connectivity index (χ0) is 14.8. The van der Waals surface area contributed by atoms with E-state index in [2.05, 4.69) is 4.98 Å². The Morgan fingerprint density at radius 2 is 1.90 bits per heavy atom. The molecule has 5 nitrogen and oxygen atoms in total. The summed E-state index contributed by atoms with van der Waals surface area (Å²) < 4.78 is 0. The van der Waals surface area contributed by atoms with Crippen molar-refractivity contribution in [1.29, 1.82) is 0 Å². The van der Waals surface area contributed by atoms with E-state index in [0.717, 1.165) is 11.1 Å². The molecule has 2 heterocycles. The Bertz CT molecular complexity index is 685. The van der Waals surface area contributed by atoms with Gasteiger partial charge in [0.05, 0.1) is 5.56 Å². The van der Waals surface area contributed by atoms with Gasteiger partial charge in [0.25, 0.3) is 5.91 Å². The van der Waals surface area contributed by atoms with Crippen molar-refractivity contribution in [2.24, 2.45) is 5.73 Å². The van der Waals surface area contributed by atoms with Gasteiger partial charge in [-0.25, -0.2) is 0 Å². The molecule has 0 saturated carbocycles. The number of carbonyl (C=O) groups is 2. The van der Waals surface area contributed by atoms with Gasteiger partial charge in [-0.2, -0.15) is 0 Å². The first-order valence-corrected chi connectivity index (χ1v) is 6.74. The average Bonchev–Trinajstić information content (AvgIpc) is 2.53. The van der Waals surface area contributed by atoms with E-state index < -0.39 is 11.9 Å². The molecule has 1 aliphatic heterocycles. The molecule has 1 aliphatic rings. The van der Waals surface area contributed by atoms with Crippen LogP contribution in [0.3, 0.4) is 0 Å².